The summed E-state index contributed by atoms with van der Waals surface area (Å²) in [6.45, 7) is 2.04. The molecule has 1 N–H and O–H groups in total. The maximum atomic E-state index is 13.0. The summed E-state index contributed by atoms with van der Waals surface area (Å²) in [7, 11) is 1.64. The van der Waals surface area contributed by atoms with E-state index in [0.29, 0.717) is 19.6 Å². The normalized spacial score (nSPS) is 15.2. The van der Waals surface area contributed by atoms with Crippen LogP contribution in [0.3, 0.4) is 0 Å². The fourth-order valence-corrected chi connectivity index (χ4v) is 4.64. The first-order valence-electron chi connectivity index (χ1n) is 12.7. The van der Waals surface area contributed by atoms with E-state index in [0.717, 1.165) is 53.5 Å². The van der Waals surface area contributed by atoms with Crippen molar-refractivity contribution in [3.63, 3.8) is 0 Å². The fourth-order valence-electron chi connectivity index (χ4n) is 4.64. The van der Waals surface area contributed by atoms with Crippen molar-refractivity contribution in [2.24, 2.45) is 5.92 Å². The summed E-state index contributed by atoms with van der Waals surface area (Å²) in [5.74, 6) is 1.41. The highest BCUT2D eigenvalue weighted by molar-refractivity contribution is 5.79. The fraction of sp³-hybridized carbons (Fsp3) is 0.276. The standard InChI is InChI=1S/C29H30N6O3/c1-38-24-11-9-22(10-12-24)26-18-27(32-20-31-26)34-16-5-8-23(19-34)29(37)30-15-17-35-28(36)14-13-25(33-35)21-6-3-2-4-7-21/h2-4,6-7,9-14,18,20,23H,5,8,15-17,19H2,1H3,(H,30,37). The third-order valence-electron chi connectivity index (χ3n) is 6.71. The highest BCUT2D eigenvalue weighted by Gasteiger charge is 2.26. The van der Waals surface area contributed by atoms with Crippen molar-refractivity contribution in [3.05, 3.63) is 89.5 Å². The van der Waals surface area contributed by atoms with Crippen LogP contribution in [0, 0.1) is 5.92 Å². The van der Waals surface area contributed by atoms with Gasteiger partial charge >= 0.3 is 0 Å². The van der Waals surface area contributed by atoms with Crippen LogP contribution >= 0.6 is 0 Å². The van der Waals surface area contributed by atoms with E-state index in [9.17, 15) is 9.59 Å². The van der Waals surface area contributed by atoms with Crippen LogP contribution in [0.2, 0.25) is 0 Å². The number of benzene rings is 2. The number of hydrogen-bond acceptors (Lipinski definition) is 7. The summed E-state index contributed by atoms with van der Waals surface area (Å²) in [6.07, 6.45) is 3.26. The summed E-state index contributed by atoms with van der Waals surface area (Å²) in [5, 5.41) is 7.47. The van der Waals surface area contributed by atoms with E-state index in [1.165, 1.54) is 10.7 Å². The molecule has 5 rings (SSSR count). The van der Waals surface area contributed by atoms with Gasteiger partial charge in [-0.3, -0.25) is 9.59 Å². The molecule has 0 aliphatic carbocycles. The molecule has 0 saturated carbocycles. The van der Waals surface area contributed by atoms with Gasteiger partial charge in [-0.1, -0.05) is 30.3 Å². The summed E-state index contributed by atoms with van der Waals surface area (Å²) in [4.78, 5) is 36.3. The number of rotatable bonds is 8. The maximum Gasteiger partial charge on any atom is 0.266 e. The molecular weight excluding hydrogens is 480 g/mol. The Bertz CT molecular complexity index is 1440. The number of ether oxygens (including phenoxy) is 1. The van der Waals surface area contributed by atoms with E-state index in [2.05, 4.69) is 25.3 Å². The molecule has 1 aliphatic rings. The third-order valence-corrected chi connectivity index (χ3v) is 6.71. The smallest absolute Gasteiger partial charge is 0.266 e. The molecule has 1 aliphatic heterocycles. The Labute approximate surface area is 221 Å². The summed E-state index contributed by atoms with van der Waals surface area (Å²) < 4.78 is 6.64. The predicted molar refractivity (Wildman–Crippen MR) is 146 cm³/mol. The van der Waals surface area contributed by atoms with Crippen molar-refractivity contribution in [1.29, 1.82) is 0 Å². The van der Waals surface area contributed by atoms with Crippen molar-refractivity contribution < 1.29 is 9.53 Å². The summed E-state index contributed by atoms with van der Waals surface area (Å²) in [5.41, 5.74) is 3.26. The third kappa shape index (κ3) is 5.88. The number of amides is 1. The predicted octanol–water partition coefficient (Wildman–Crippen LogP) is 3.41. The minimum Gasteiger partial charge on any atom is -0.497 e. The lowest BCUT2D eigenvalue weighted by Crippen LogP contribution is -2.44. The first-order valence-corrected chi connectivity index (χ1v) is 12.7. The van der Waals surface area contributed by atoms with Crippen LogP contribution in [-0.4, -0.2) is 52.4 Å². The SMILES string of the molecule is COc1ccc(-c2cc(N3CCCC(C(=O)NCCn4nc(-c5ccccc5)ccc4=O)C3)ncn2)cc1. The van der Waals surface area contributed by atoms with E-state index in [1.54, 1.807) is 19.5 Å². The lowest BCUT2D eigenvalue weighted by atomic mass is 9.97. The molecule has 0 radical (unpaired) electrons. The summed E-state index contributed by atoms with van der Waals surface area (Å²) >= 11 is 0. The number of hydrogen-bond donors (Lipinski definition) is 1. The molecule has 2 aromatic carbocycles. The number of anilines is 1. The van der Waals surface area contributed by atoms with E-state index in [-0.39, 0.29) is 17.4 Å². The van der Waals surface area contributed by atoms with E-state index >= 15 is 0 Å². The van der Waals surface area contributed by atoms with E-state index < -0.39 is 0 Å². The second-order valence-corrected chi connectivity index (χ2v) is 9.21. The van der Waals surface area contributed by atoms with Crippen molar-refractivity contribution in [1.82, 2.24) is 25.1 Å². The molecule has 1 saturated heterocycles. The highest BCUT2D eigenvalue weighted by atomic mass is 16.5. The number of aromatic nitrogens is 4. The minimum absolute atomic E-state index is 0.0219. The van der Waals surface area contributed by atoms with Gasteiger partial charge in [-0.15, -0.1) is 0 Å². The molecular formula is C29H30N6O3. The number of carbonyl (C=O) groups excluding carboxylic acids is 1. The Morgan fingerprint density at radius 1 is 1.00 bits per heavy atom. The zero-order valence-electron chi connectivity index (χ0n) is 21.3. The number of nitrogens with zero attached hydrogens (tertiary/aromatic N) is 5. The number of carbonyl (C=O) groups is 1. The largest absolute Gasteiger partial charge is 0.497 e. The molecule has 1 amide bonds. The molecule has 1 atom stereocenters. The topological polar surface area (TPSA) is 102 Å². The van der Waals surface area contributed by atoms with Gasteiger partial charge in [0.25, 0.3) is 5.56 Å². The van der Waals surface area contributed by atoms with Crippen LogP contribution in [0.4, 0.5) is 5.82 Å². The molecule has 9 heteroatoms. The first-order chi connectivity index (χ1) is 18.6. The van der Waals surface area contributed by atoms with Crippen LogP contribution in [0.5, 0.6) is 5.75 Å². The molecule has 4 aromatic rings. The van der Waals surface area contributed by atoms with Gasteiger partial charge in [0.2, 0.25) is 5.91 Å². The van der Waals surface area contributed by atoms with Gasteiger partial charge in [0.1, 0.15) is 17.9 Å². The van der Waals surface area contributed by atoms with Crippen molar-refractivity contribution >= 4 is 11.7 Å². The average Bonchev–Trinajstić information content (AvgIpc) is 2.98. The van der Waals surface area contributed by atoms with Gasteiger partial charge in [0.05, 0.1) is 31.0 Å². The molecule has 194 valence electrons. The number of nitrogens with one attached hydrogen (secondary N) is 1. The quantitative estimate of drug-likeness (QED) is 0.388. The Morgan fingerprint density at radius 2 is 1.79 bits per heavy atom. The molecule has 3 heterocycles. The minimum atomic E-state index is -0.195. The second kappa shape index (κ2) is 11.7. The van der Waals surface area contributed by atoms with Gasteiger partial charge in [0.15, 0.2) is 0 Å². The molecule has 2 aromatic heterocycles. The van der Waals surface area contributed by atoms with Crippen molar-refractivity contribution in [3.8, 4) is 28.3 Å². The monoisotopic (exact) mass is 510 g/mol. The Balaban J connectivity index is 1.19. The average molecular weight is 511 g/mol. The van der Waals surface area contributed by atoms with Gasteiger partial charge in [-0.2, -0.15) is 5.10 Å². The number of methoxy groups -OCH3 is 1. The second-order valence-electron chi connectivity index (χ2n) is 9.21. The highest BCUT2D eigenvalue weighted by Crippen LogP contribution is 2.26. The first kappa shape index (κ1) is 25.1. The van der Waals surface area contributed by atoms with Crippen molar-refractivity contribution in [2.45, 2.75) is 19.4 Å². The van der Waals surface area contributed by atoms with Gasteiger partial charge < -0.3 is 15.0 Å². The molecule has 9 nitrogen and oxygen atoms in total. The maximum absolute atomic E-state index is 13.0. The molecule has 1 unspecified atom stereocenters. The van der Waals surface area contributed by atoms with Gasteiger partial charge in [-0.25, -0.2) is 14.6 Å². The van der Waals surface area contributed by atoms with Crippen molar-refractivity contribution in [2.75, 3.05) is 31.6 Å². The zero-order chi connectivity index (χ0) is 26.3. The Kier molecular flexibility index (Phi) is 7.73. The van der Waals surface area contributed by atoms with Gasteiger partial charge in [-0.05, 0) is 43.2 Å². The lowest BCUT2D eigenvalue weighted by Gasteiger charge is -2.33. The van der Waals surface area contributed by atoms with Gasteiger partial charge in [0, 0.05) is 42.9 Å². The molecule has 0 spiro atoms. The molecule has 0 bridgehead atoms. The zero-order valence-corrected chi connectivity index (χ0v) is 21.3. The van der Waals surface area contributed by atoms with Crippen LogP contribution in [-0.2, 0) is 11.3 Å². The Morgan fingerprint density at radius 3 is 2.58 bits per heavy atom. The van der Waals surface area contributed by atoms with Crippen LogP contribution in [0.25, 0.3) is 22.5 Å². The lowest BCUT2D eigenvalue weighted by molar-refractivity contribution is -0.125. The Hall–Kier alpha value is -4.53. The van der Waals surface area contributed by atoms with E-state index in [4.69, 9.17) is 4.74 Å². The molecule has 1 fully saturated rings. The van der Waals surface area contributed by atoms with Crippen LogP contribution < -0.4 is 20.5 Å². The van der Waals surface area contributed by atoms with Crippen LogP contribution in [0.1, 0.15) is 12.8 Å². The molecule has 38 heavy (non-hydrogen) atoms. The number of piperidine rings is 1. The summed E-state index contributed by atoms with van der Waals surface area (Å²) in [6, 6.07) is 22.6. The van der Waals surface area contributed by atoms with E-state index in [1.807, 2.05) is 60.7 Å². The van der Waals surface area contributed by atoms with Crippen LogP contribution in [0.15, 0.2) is 83.9 Å².